The number of carbonyl (C=O) groups is 1. The fourth-order valence-corrected chi connectivity index (χ4v) is 3.71. The van der Waals surface area contributed by atoms with E-state index in [4.69, 9.17) is 0 Å². The number of hydrogen-bond donors (Lipinski definition) is 1. The highest BCUT2D eigenvalue weighted by molar-refractivity contribution is 5.94. The number of tetrazole rings is 1. The van der Waals surface area contributed by atoms with Crippen molar-refractivity contribution in [1.29, 1.82) is 0 Å². The smallest absolute Gasteiger partial charge is 0.252 e. The molecule has 4 rings (SSSR count). The van der Waals surface area contributed by atoms with Crippen LogP contribution in [0, 0.1) is 6.92 Å². The van der Waals surface area contributed by atoms with Crippen LogP contribution in [0.3, 0.4) is 0 Å². The van der Waals surface area contributed by atoms with E-state index >= 15 is 0 Å². The summed E-state index contributed by atoms with van der Waals surface area (Å²) in [5, 5.41) is 15.7. The number of anilines is 2. The number of hydrogen-bond acceptors (Lipinski definition) is 5. The molecule has 1 N–H and O–H groups in total. The lowest BCUT2D eigenvalue weighted by Gasteiger charge is -2.39. The van der Waals surface area contributed by atoms with Gasteiger partial charge in [-0.3, -0.25) is 9.69 Å². The van der Waals surface area contributed by atoms with Gasteiger partial charge in [0.1, 0.15) is 6.17 Å². The van der Waals surface area contributed by atoms with Crippen molar-refractivity contribution in [1.82, 2.24) is 25.5 Å². The zero-order valence-corrected chi connectivity index (χ0v) is 17.3. The van der Waals surface area contributed by atoms with Gasteiger partial charge in [0.05, 0.1) is 5.54 Å². The minimum absolute atomic E-state index is 0.106. The van der Waals surface area contributed by atoms with Crippen LogP contribution in [-0.4, -0.2) is 32.3 Å². The van der Waals surface area contributed by atoms with Gasteiger partial charge in [-0.15, -0.1) is 0 Å². The van der Waals surface area contributed by atoms with Gasteiger partial charge >= 0.3 is 0 Å². The maximum absolute atomic E-state index is 12.9. The van der Waals surface area contributed by atoms with Crippen LogP contribution in [0.2, 0.25) is 0 Å². The van der Waals surface area contributed by atoms with E-state index in [1.807, 2.05) is 35.0 Å². The van der Waals surface area contributed by atoms with Gasteiger partial charge in [0.25, 0.3) is 11.9 Å². The summed E-state index contributed by atoms with van der Waals surface area (Å²) in [4.78, 5) is 14.9. The molecule has 3 aromatic rings. The maximum atomic E-state index is 12.9. The summed E-state index contributed by atoms with van der Waals surface area (Å²) in [6, 6.07) is 15.6. The second kappa shape index (κ2) is 7.31. The molecule has 0 aliphatic carbocycles. The number of nitrogens with one attached hydrogen (secondary N) is 1. The number of amides is 1. The number of aryl methyl sites for hydroxylation is 2. The number of fused-ring (bicyclic) bond motifs is 1. The average Bonchev–Trinajstić information content (AvgIpc) is 3.18. The molecule has 7 nitrogen and oxygen atoms in total. The quantitative estimate of drug-likeness (QED) is 0.740. The Balaban J connectivity index is 1.76. The Hall–Kier alpha value is -3.22. The molecule has 1 aromatic heterocycles. The normalized spacial score (nSPS) is 16.4. The second-order valence-corrected chi connectivity index (χ2v) is 8.46. The molecule has 1 aliphatic heterocycles. The number of carbonyl (C=O) groups excluding carboxylic acids is 1. The van der Waals surface area contributed by atoms with Gasteiger partial charge < -0.3 is 5.32 Å². The summed E-state index contributed by atoms with van der Waals surface area (Å²) in [7, 11) is 0. The highest BCUT2D eigenvalue weighted by atomic mass is 16.1. The first-order valence-electron chi connectivity index (χ1n) is 9.88. The molecule has 0 radical (unpaired) electrons. The van der Waals surface area contributed by atoms with E-state index in [9.17, 15) is 4.79 Å². The van der Waals surface area contributed by atoms with Crippen molar-refractivity contribution in [3.8, 4) is 0 Å². The summed E-state index contributed by atoms with van der Waals surface area (Å²) in [6.45, 7) is 8.27. The van der Waals surface area contributed by atoms with Crippen molar-refractivity contribution < 1.29 is 4.79 Å². The molecule has 1 unspecified atom stereocenters. The molecule has 29 heavy (non-hydrogen) atoms. The Labute approximate surface area is 170 Å². The first-order chi connectivity index (χ1) is 13.8. The topological polar surface area (TPSA) is 75.9 Å². The number of rotatable bonds is 3. The Bertz CT molecular complexity index is 1020. The van der Waals surface area contributed by atoms with Crippen LogP contribution >= 0.6 is 0 Å². The first-order valence-corrected chi connectivity index (χ1v) is 9.88. The van der Waals surface area contributed by atoms with E-state index in [1.165, 1.54) is 11.1 Å². The standard InChI is InChI=1S/C22H26N6O/c1-15-10-12-18-17(14-15)11-13-19(23-20(29)16-8-6-5-7-9-16)27(18)21-24-25-26-28(21)22(2,3)4/h5-10,12,14,19H,11,13H2,1-4H3,(H,23,29). The lowest BCUT2D eigenvalue weighted by molar-refractivity contribution is 0.0934. The molecule has 2 aromatic carbocycles. The van der Waals surface area contributed by atoms with Crippen molar-refractivity contribution in [3.05, 3.63) is 65.2 Å². The highest BCUT2D eigenvalue weighted by Crippen LogP contribution is 2.36. The molecule has 0 bridgehead atoms. The predicted molar refractivity (Wildman–Crippen MR) is 112 cm³/mol. The molecule has 0 saturated heterocycles. The lowest BCUT2D eigenvalue weighted by Crippen LogP contribution is -2.50. The highest BCUT2D eigenvalue weighted by Gasteiger charge is 2.34. The maximum Gasteiger partial charge on any atom is 0.252 e. The number of nitrogens with zero attached hydrogens (tertiary/aromatic N) is 5. The van der Waals surface area contributed by atoms with Crippen molar-refractivity contribution in [2.75, 3.05) is 4.90 Å². The summed E-state index contributed by atoms with van der Waals surface area (Å²) in [6.07, 6.45) is 1.40. The largest absolute Gasteiger partial charge is 0.331 e. The van der Waals surface area contributed by atoms with Crippen molar-refractivity contribution in [3.63, 3.8) is 0 Å². The first kappa shape index (κ1) is 19.1. The van der Waals surface area contributed by atoms with Crippen LogP contribution in [0.4, 0.5) is 11.6 Å². The summed E-state index contributed by atoms with van der Waals surface area (Å²) in [5.74, 6) is 0.520. The molecule has 2 heterocycles. The van der Waals surface area contributed by atoms with Crippen LogP contribution in [0.1, 0.15) is 48.7 Å². The Kier molecular flexibility index (Phi) is 4.82. The number of aromatic nitrogens is 4. The molecule has 0 saturated carbocycles. The van der Waals surface area contributed by atoms with Gasteiger partial charge in [-0.2, -0.15) is 0 Å². The third-order valence-corrected chi connectivity index (χ3v) is 5.13. The zero-order valence-electron chi connectivity index (χ0n) is 17.3. The van der Waals surface area contributed by atoms with Gasteiger partial charge in [0.2, 0.25) is 0 Å². The van der Waals surface area contributed by atoms with Crippen LogP contribution < -0.4 is 10.2 Å². The van der Waals surface area contributed by atoms with E-state index < -0.39 is 0 Å². The van der Waals surface area contributed by atoms with Crippen molar-refractivity contribution >= 4 is 17.5 Å². The molecule has 0 spiro atoms. The minimum Gasteiger partial charge on any atom is -0.331 e. The SMILES string of the molecule is Cc1ccc2c(c1)CCC(NC(=O)c1ccccc1)N2c1nnnn1C(C)(C)C. The van der Waals surface area contributed by atoms with Crippen LogP contribution in [0.25, 0.3) is 0 Å². The fourth-order valence-electron chi connectivity index (χ4n) is 3.71. The van der Waals surface area contributed by atoms with Crippen molar-refractivity contribution in [2.24, 2.45) is 0 Å². The molecular formula is C22H26N6O. The monoisotopic (exact) mass is 390 g/mol. The van der Waals surface area contributed by atoms with Gasteiger partial charge in [-0.1, -0.05) is 41.0 Å². The van der Waals surface area contributed by atoms with E-state index in [2.05, 4.69) is 71.6 Å². The molecule has 1 aliphatic rings. The third-order valence-electron chi connectivity index (χ3n) is 5.13. The summed E-state index contributed by atoms with van der Waals surface area (Å²) < 4.78 is 1.81. The van der Waals surface area contributed by atoms with E-state index in [-0.39, 0.29) is 17.6 Å². The van der Waals surface area contributed by atoms with Crippen molar-refractivity contribution in [2.45, 2.75) is 52.2 Å². The second-order valence-electron chi connectivity index (χ2n) is 8.46. The molecule has 7 heteroatoms. The molecule has 1 atom stereocenters. The predicted octanol–water partition coefficient (Wildman–Crippen LogP) is 3.58. The Morgan fingerprint density at radius 1 is 1.14 bits per heavy atom. The average molecular weight is 390 g/mol. The minimum atomic E-state index is -0.296. The summed E-state index contributed by atoms with van der Waals surface area (Å²) in [5.41, 5.74) is 3.82. The molecule has 1 amide bonds. The van der Waals surface area contributed by atoms with E-state index in [1.54, 1.807) is 0 Å². The van der Waals surface area contributed by atoms with Crippen LogP contribution in [-0.2, 0) is 12.0 Å². The molecule has 150 valence electrons. The van der Waals surface area contributed by atoms with E-state index in [0.29, 0.717) is 11.5 Å². The van der Waals surface area contributed by atoms with Crippen LogP contribution in [0.15, 0.2) is 48.5 Å². The Morgan fingerprint density at radius 2 is 1.90 bits per heavy atom. The van der Waals surface area contributed by atoms with E-state index in [0.717, 1.165) is 18.5 Å². The fraction of sp³-hybridized carbons (Fsp3) is 0.364. The molecule has 0 fully saturated rings. The third kappa shape index (κ3) is 3.72. The van der Waals surface area contributed by atoms with Crippen LogP contribution in [0.5, 0.6) is 0 Å². The van der Waals surface area contributed by atoms with Gasteiger partial charge in [-0.25, -0.2) is 4.68 Å². The molecular weight excluding hydrogens is 364 g/mol. The van der Waals surface area contributed by atoms with Gasteiger partial charge in [-0.05, 0) is 74.7 Å². The number of benzene rings is 2. The lowest BCUT2D eigenvalue weighted by atomic mass is 9.97. The summed E-state index contributed by atoms with van der Waals surface area (Å²) >= 11 is 0. The van der Waals surface area contributed by atoms with Gasteiger partial charge in [0, 0.05) is 11.3 Å². The zero-order chi connectivity index (χ0) is 20.6. The van der Waals surface area contributed by atoms with Gasteiger partial charge in [0.15, 0.2) is 0 Å². The Morgan fingerprint density at radius 3 is 2.62 bits per heavy atom.